The molecule has 0 saturated carbocycles. The Morgan fingerprint density at radius 3 is 2.31 bits per heavy atom. The van der Waals surface area contributed by atoms with E-state index in [9.17, 15) is 0 Å². The van der Waals surface area contributed by atoms with Gasteiger partial charge in [-0.25, -0.2) is 0 Å². The molecule has 0 aromatic carbocycles. The van der Waals surface area contributed by atoms with Crippen molar-refractivity contribution in [2.75, 3.05) is 6.54 Å². The highest BCUT2D eigenvalue weighted by Gasteiger charge is 2.18. The second kappa shape index (κ2) is 6.42. The molecule has 1 rings (SSSR count). The summed E-state index contributed by atoms with van der Waals surface area (Å²) in [5.74, 6) is 0.899. The molecule has 0 aromatic rings. The lowest BCUT2D eigenvalue weighted by Gasteiger charge is -2.03. The number of hydrogen-bond acceptors (Lipinski definition) is 1. The zero-order valence-electron chi connectivity index (χ0n) is 9.31. The van der Waals surface area contributed by atoms with Crippen LogP contribution in [0.15, 0.2) is 0 Å². The Morgan fingerprint density at radius 1 is 1.08 bits per heavy atom. The third kappa shape index (κ3) is 7.06. The molecule has 78 valence electrons. The quantitative estimate of drug-likeness (QED) is 0.452. The Morgan fingerprint density at radius 2 is 1.69 bits per heavy atom. The largest absolute Gasteiger partial charge is 0.311 e. The van der Waals surface area contributed by atoms with Crippen molar-refractivity contribution in [2.24, 2.45) is 5.92 Å². The molecule has 1 atom stereocenters. The third-order valence-electron chi connectivity index (χ3n) is 2.83. The van der Waals surface area contributed by atoms with Crippen LogP contribution in [0.4, 0.5) is 0 Å². The summed E-state index contributed by atoms with van der Waals surface area (Å²) in [6.07, 6.45) is 10.1. The van der Waals surface area contributed by atoms with Gasteiger partial charge in [-0.15, -0.1) is 0 Å². The van der Waals surface area contributed by atoms with Gasteiger partial charge in [-0.2, -0.15) is 0 Å². The number of hydrogen-bond donors (Lipinski definition) is 1. The van der Waals surface area contributed by atoms with E-state index in [0.717, 1.165) is 12.0 Å². The van der Waals surface area contributed by atoms with E-state index in [-0.39, 0.29) is 0 Å². The van der Waals surface area contributed by atoms with Crippen LogP contribution in [0.2, 0.25) is 0 Å². The first-order chi connectivity index (χ1) is 6.29. The molecule has 1 N–H and O–H groups in total. The van der Waals surface area contributed by atoms with Gasteiger partial charge in [0.2, 0.25) is 0 Å². The minimum atomic E-state index is 0.899. The normalized spacial score (nSPS) is 21.0. The average Bonchev–Trinajstić information content (AvgIpc) is 2.86. The molecule has 0 bridgehead atoms. The molecule has 13 heavy (non-hydrogen) atoms. The molecule has 1 aliphatic rings. The monoisotopic (exact) mass is 183 g/mol. The van der Waals surface area contributed by atoms with Gasteiger partial charge in [-0.05, 0) is 12.3 Å². The number of rotatable bonds is 8. The zero-order valence-corrected chi connectivity index (χ0v) is 9.31. The summed E-state index contributed by atoms with van der Waals surface area (Å²) in [4.78, 5) is 0. The highest BCUT2D eigenvalue weighted by molar-refractivity contribution is 4.82. The molecule has 1 heterocycles. The minimum absolute atomic E-state index is 0.899. The molecule has 1 fully saturated rings. The highest BCUT2D eigenvalue weighted by Crippen LogP contribution is 2.13. The van der Waals surface area contributed by atoms with Crippen molar-refractivity contribution in [2.45, 2.75) is 64.8 Å². The lowest BCUT2D eigenvalue weighted by molar-refractivity contribution is 0.511. The van der Waals surface area contributed by atoms with E-state index >= 15 is 0 Å². The molecular weight excluding hydrogens is 158 g/mol. The first-order valence-corrected chi connectivity index (χ1v) is 6.02. The minimum Gasteiger partial charge on any atom is -0.311 e. The number of nitrogens with one attached hydrogen (secondary N) is 1. The van der Waals surface area contributed by atoms with Crippen molar-refractivity contribution >= 4 is 0 Å². The highest BCUT2D eigenvalue weighted by atomic mass is 15.1. The molecule has 0 radical (unpaired) electrons. The SMILES string of the molecule is CC(C)CCCCCCCC1CN1. The first-order valence-electron chi connectivity index (χ1n) is 6.02. The van der Waals surface area contributed by atoms with Gasteiger partial charge in [0.15, 0.2) is 0 Å². The zero-order chi connectivity index (χ0) is 9.52. The Balaban J connectivity index is 1.68. The van der Waals surface area contributed by atoms with Crippen LogP contribution in [0.5, 0.6) is 0 Å². The van der Waals surface area contributed by atoms with Crippen LogP contribution in [-0.2, 0) is 0 Å². The maximum Gasteiger partial charge on any atom is 0.0193 e. The summed E-state index contributed by atoms with van der Waals surface area (Å²) in [7, 11) is 0. The van der Waals surface area contributed by atoms with E-state index in [4.69, 9.17) is 0 Å². The van der Waals surface area contributed by atoms with Crippen molar-refractivity contribution in [3.63, 3.8) is 0 Å². The van der Waals surface area contributed by atoms with Crippen LogP contribution < -0.4 is 5.32 Å². The smallest absolute Gasteiger partial charge is 0.0193 e. The van der Waals surface area contributed by atoms with E-state index in [1.807, 2.05) is 0 Å². The predicted molar refractivity (Wildman–Crippen MR) is 58.9 cm³/mol. The molecular formula is C12H25N. The van der Waals surface area contributed by atoms with Crippen LogP contribution in [0, 0.1) is 5.92 Å². The summed E-state index contributed by atoms with van der Waals surface area (Å²) in [6.45, 7) is 5.92. The van der Waals surface area contributed by atoms with Crippen LogP contribution in [0.3, 0.4) is 0 Å². The molecule has 1 heteroatoms. The van der Waals surface area contributed by atoms with Crippen molar-refractivity contribution in [3.05, 3.63) is 0 Å². The van der Waals surface area contributed by atoms with E-state index in [1.165, 1.54) is 51.5 Å². The van der Waals surface area contributed by atoms with Gasteiger partial charge in [0, 0.05) is 12.6 Å². The molecule has 0 aliphatic carbocycles. The van der Waals surface area contributed by atoms with Gasteiger partial charge in [0.1, 0.15) is 0 Å². The summed E-state index contributed by atoms with van der Waals surface area (Å²) < 4.78 is 0. The Labute approximate surface area is 83.3 Å². The van der Waals surface area contributed by atoms with E-state index in [0.29, 0.717) is 0 Å². The number of unbranched alkanes of at least 4 members (excludes halogenated alkanes) is 4. The fourth-order valence-corrected chi connectivity index (χ4v) is 1.76. The van der Waals surface area contributed by atoms with E-state index in [2.05, 4.69) is 19.2 Å². The summed E-state index contributed by atoms with van der Waals surface area (Å²) in [5, 5.41) is 3.35. The maximum atomic E-state index is 3.35. The van der Waals surface area contributed by atoms with E-state index < -0.39 is 0 Å². The first kappa shape index (κ1) is 11.0. The topological polar surface area (TPSA) is 21.9 Å². The van der Waals surface area contributed by atoms with Gasteiger partial charge in [0.25, 0.3) is 0 Å². The lowest BCUT2D eigenvalue weighted by atomic mass is 10.0. The van der Waals surface area contributed by atoms with Crippen LogP contribution in [-0.4, -0.2) is 12.6 Å². The molecule has 1 nitrogen and oxygen atoms in total. The van der Waals surface area contributed by atoms with Crippen molar-refractivity contribution in [1.82, 2.24) is 5.32 Å². The summed E-state index contributed by atoms with van der Waals surface area (Å²) >= 11 is 0. The summed E-state index contributed by atoms with van der Waals surface area (Å²) in [6, 6.07) is 0.899. The second-order valence-electron chi connectivity index (χ2n) is 4.84. The standard InChI is InChI=1S/C12H25N/c1-11(2)8-6-4-3-5-7-9-12-10-13-12/h11-13H,3-10H2,1-2H3. The van der Waals surface area contributed by atoms with Crippen LogP contribution in [0.25, 0.3) is 0 Å². The molecule has 1 aliphatic heterocycles. The van der Waals surface area contributed by atoms with Crippen molar-refractivity contribution in [1.29, 1.82) is 0 Å². The molecule has 0 aromatic heterocycles. The molecule has 0 spiro atoms. The summed E-state index contributed by atoms with van der Waals surface area (Å²) in [5.41, 5.74) is 0. The Kier molecular flexibility index (Phi) is 5.45. The molecule has 1 unspecified atom stereocenters. The maximum absolute atomic E-state index is 3.35. The van der Waals surface area contributed by atoms with Crippen molar-refractivity contribution < 1.29 is 0 Å². The average molecular weight is 183 g/mol. The van der Waals surface area contributed by atoms with Gasteiger partial charge >= 0.3 is 0 Å². The fourth-order valence-electron chi connectivity index (χ4n) is 1.76. The Bertz CT molecular complexity index is 110. The van der Waals surface area contributed by atoms with Gasteiger partial charge in [0.05, 0.1) is 0 Å². The predicted octanol–water partition coefficient (Wildman–Crippen LogP) is 3.34. The van der Waals surface area contributed by atoms with E-state index in [1.54, 1.807) is 0 Å². The molecule has 0 amide bonds. The van der Waals surface area contributed by atoms with Gasteiger partial charge in [-0.1, -0.05) is 52.4 Å². The second-order valence-corrected chi connectivity index (χ2v) is 4.84. The fraction of sp³-hybridized carbons (Fsp3) is 1.00. The van der Waals surface area contributed by atoms with Gasteiger partial charge < -0.3 is 5.32 Å². The van der Waals surface area contributed by atoms with Gasteiger partial charge in [-0.3, -0.25) is 0 Å². The Hall–Kier alpha value is -0.0400. The van der Waals surface area contributed by atoms with Crippen LogP contribution in [0.1, 0.15) is 58.8 Å². The molecule has 1 saturated heterocycles. The third-order valence-corrected chi connectivity index (χ3v) is 2.83. The lowest BCUT2D eigenvalue weighted by Crippen LogP contribution is -1.90. The van der Waals surface area contributed by atoms with Crippen molar-refractivity contribution in [3.8, 4) is 0 Å². The van der Waals surface area contributed by atoms with Crippen LogP contribution >= 0.6 is 0 Å².